The lowest BCUT2D eigenvalue weighted by atomic mass is 10.1. The SMILES string of the molecule is CC(C)N(CCC(=O)O)C(=O)c1ccc(-n2cnnc2)cc1. The van der Waals surface area contributed by atoms with Crippen LogP contribution in [0.15, 0.2) is 36.9 Å². The zero-order valence-electron chi connectivity index (χ0n) is 12.5. The fourth-order valence-corrected chi connectivity index (χ4v) is 2.09. The van der Waals surface area contributed by atoms with Crippen molar-refractivity contribution in [1.29, 1.82) is 0 Å². The molecule has 116 valence electrons. The number of aliphatic carboxylic acids is 1. The molecule has 0 atom stereocenters. The highest BCUT2D eigenvalue weighted by Gasteiger charge is 2.19. The molecule has 1 aromatic heterocycles. The number of carboxylic acids is 1. The van der Waals surface area contributed by atoms with Gasteiger partial charge < -0.3 is 10.0 Å². The zero-order valence-corrected chi connectivity index (χ0v) is 12.5. The average molecular weight is 302 g/mol. The summed E-state index contributed by atoms with van der Waals surface area (Å²) in [6.07, 6.45) is 3.08. The summed E-state index contributed by atoms with van der Waals surface area (Å²) in [4.78, 5) is 24.8. The van der Waals surface area contributed by atoms with Crippen LogP contribution in [0.4, 0.5) is 0 Å². The van der Waals surface area contributed by atoms with Gasteiger partial charge in [-0.25, -0.2) is 0 Å². The van der Waals surface area contributed by atoms with E-state index < -0.39 is 5.97 Å². The second-order valence-corrected chi connectivity index (χ2v) is 5.15. The molecule has 1 amide bonds. The third-order valence-electron chi connectivity index (χ3n) is 3.28. The van der Waals surface area contributed by atoms with Crippen molar-refractivity contribution < 1.29 is 14.7 Å². The molecule has 0 aliphatic heterocycles. The third-order valence-corrected chi connectivity index (χ3v) is 3.28. The van der Waals surface area contributed by atoms with E-state index in [-0.39, 0.29) is 24.9 Å². The Kier molecular flexibility index (Phi) is 4.88. The molecule has 22 heavy (non-hydrogen) atoms. The molecule has 0 saturated carbocycles. The van der Waals surface area contributed by atoms with E-state index in [9.17, 15) is 9.59 Å². The second-order valence-electron chi connectivity index (χ2n) is 5.15. The van der Waals surface area contributed by atoms with Crippen molar-refractivity contribution in [1.82, 2.24) is 19.7 Å². The molecule has 1 heterocycles. The van der Waals surface area contributed by atoms with Crippen molar-refractivity contribution in [3.05, 3.63) is 42.5 Å². The van der Waals surface area contributed by atoms with Gasteiger partial charge in [-0.1, -0.05) is 0 Å². The predicted molar refractivity (Wildman–Crippen MR) is 79.8 cm³/mol. The Morgan fingerprint density at radius 3 is 2.27 bits per heavy atom. The molecular formula is C15H18N4O3. The summed E-state index contributed by atoms with van der Waals surface area (Å²) in [6.45, 7) is 3.93. The van der Waals surface area contributed by atoms with Crippen LogP contribution in [0.25, 0.3) is 5.69 Å². The number of carboxylic acid groups (broad SMARTS) is 1. The Balaban J connectivity index is 2.14. The number of aromatic nitrogens is 3. The summed E-state index contributed by atoms with van der Waals surface area (Å²) in [5.41, 5.74) is 1.37. The molecule has 0 fully saturated rings. The fraction of sp³-hybridized carbons (Fsp3) is 0.333. The van der Waals surface area contributed by atoms with Gasteiger partial charge in [-0.05, 0) is 38.1 Å². The van der Waals surface area contributed by atoms with E-state index in [1.807, 2.05) is 13.8 Å². The van der Waals surface area contributed by atoms with Crippen molar-refractivity contribution in [3.8, 4) is 5.69 Å². The van der Waals surface area contributed by atoms with Crippen LogP contribution in [0.2, 0.25) is 0 Å². The quantitative estimate of drug-likeness (QED) is 0.875. The Hall–Kier alpha value is -2.70. The van der Waals surface area contributed by atoms with Crippen LogP contribution < -0.4 is 0 Å². The predicted octanol–water partition coefficient (Wildman–Crippen LogP) is 1.59. The molecule has 0 aliphatic carbocycles. The summed E-state index contributed by atoms with van der Waals surface area (Å²) < 4.78 is 1.74. The lowest BCUT2D eigenvalue weighted by Gasteiger charge is -2.26. The van der Waals surface area contributed by atoms with Crippen molar-refractivity contribution >= 4 is 11.9 Å². The number of carbonyl (C=O) groups is 2. The summed E-state index contributed by atoms with van der Waals surface area (Å²) in [6, 6.07) is 6.96. The van der Waals surface area contributed by atoms with Crippen LogP contribution in [0.1, 0.15) is 30.6 Å². The second kappa shape index (κ2) is 6.84. The number of hydrogen-bond donors (Lipinski definition) is 1. The Morgan fingerprint density at radius 2 is 1.77 bits per heavy atom. The molecular weight excluding hydrogens is 284 g/mol. The van der Waals surface area contributed by atoms with Gasteiger partial charge in [0.25, 0.3) is 5.91 Å². The Morgan fingerprint density at radius 1 is 1.18 bits per heavy atom. The smallest absolute Gasteiger partial charge is 0.305 e. The summed E-state index contributed by atoms with van der Waals surface area (Å²) in [5.74, 6) is -1.09. The highest BCUT2D eigenvalue weighted by atomic mass is 16.4. The number of nitrogens with zero attached hydrogens (tertiary/aromatic N) is 4. The monoisotopic (exact) mass is 302 g/mol. The largest absolute Gasteiger partial charge is 0.481 e. The molecule has 0 saturated heterocycles. The van der Waals surface area contributed by atoms with Crippen LogP contribution >= 0.6 is 0 Å². The van der Waals surface area contributed by atoms with Crippen LogP contribution in [0, 0.1) is 0 Å². The van der Waals surface area contributed by atoms with Crippen LogP contribution in [0.3, 0.4) is 0 Å². The lowest BCUT2D eigenvalue weighted by molar-refractivity contribution is -0.137. The standard InChI is InChI=1S/C15H18N4O3/c1-11(2)19(8-7-14(20)21)15(22)12-3-5-13(6-4-12)18-9-16-17-10-18/h3-6,9-11H,7-8H2,1-2H3,(H,20,21). The van der Waals surface area contributed by atoms with E-state index in [1.165, 1.54) is 0 Å². The molecule has 1 N–H and O–H groups in total. The van der Waals surface area contributed by atoms with Crippen molar-refractivity contribution in [3.63, 3.8) is 0 Å². The highest BCUT2D eigenvalue weighted by molar-refractivity contribution is 5.94. The Labute approximate surface area is 128 Å². The number of benzene rings is 1. The van der Waals surface area contributed by atoms with Gasteiger partial charge in [0.05, 0.1) is 6.42 Å². The summed E-state index contributed by atoms with van der Waals surface area (Å²) in [5, 5.41) is 16.2. The van der Waals surface area contributed by atoms with Gasteiger partial charge in [0, 0.05) is 23.8 Å². The molecule has 7 heteroatoms. The van der Waals surface area contributed by atoms with Gasteiger partial charge in [-0.2, -0.15) is 0 Å². The summed E-state index contributed by atoms with van der Waals surface area (Å²) in [7, 11) is 0. The number of amides is 1. The van der Waals surface area contributed by atoms with E-state index in [4.69, 9.17) is 5.11 Å². The Bertz CT molecular complexity index is 635. The van der Waals surface area contributed by atoms with Gasteiger partial charge in [0.15, 0.2) is 0 Å². The first-order valence-corrected chi connectivity index (χ1v) is 6.97. The van der Waals surface area contributed by atoms with Gasteiger partial charge in [0.2, 0.25) is 0 Å². The van der Waals surface area contributed by atoms with Crippen LogP contribution in [-0.4, -0.2) is 49.2 Å². The zero-order chi connectivity index (χ0) is 16.1. The maximum absolute atomic E-state index is 12.5. The third kappa shape index (κ3) is 3.69. The molecule has 2 aromatic rings. The molecule has 1 aromatic carbocycles. The van der Waals surface area contributed by atoms with Crippen LogP contribution in [-0.2, 0) is 4.79 Å². The molecule has 0 aliphatic rings. The van der Waals surface area contributed by atoms with E-state index in [0.717, 1.165) is 5.69 Å². The first-order valence-electron chi connectivity index (χ1n) is 6.97. The fourth-order valence-electron chi connectivity index (χ4n) is 2.09. The minimum absolute atomic E-state index is 0.0654. The highest BCUT2D eigenvalue weighted by Crippen LogP contribution is 2.13. The van der Waals surface area contributed by atoms with Gasteiger partial charge >= 0.3 is 5.97 Å². The van der Waals surface area contributed by atoms with E-state index in [0.29, 0.717) is 5.56 Å². The normalized spacial score (nSPS) is 10.7. The molecule has 0 spiro atoms. The van der Waals surface area contributed by atoms with Crippen molar-refractivity contribution in [2.24, 2.45) is 0 Å². The number of hydrogen-bond acceptors (Lipinski definition) is 4. The maximum atomic E-state index is 12.5. The minimum atomic E-state index is -0.915. The van der Waals surface area contributed by atoms with Gasteiger partial charge in [0.1, 0.15) is 12.7 Å². The summed E-state index contributed by atoms with van der Waals surface area (Å²) >= 11 is 0. The first kappa shape index (κ1) is 15.7. The van der Waals surface area contributed by atoms with Crippen molar-refractivity contribution in [2.45, 2.75) is 26.3 Å². The maximum Gasteiger partial charge on any atom is 0.305 e. The van der Waals surface area contributed by atoms with E-state index in [1.54, 1.807) is 46.4 Å². The number of carbonyl (C=O) groups excluding carboxylic acids is 1. The van der Waals surface area contributed by atoms with Gasteiger partial charge in [-0.15, -0.1) is 10.2 Å². The van der Waals surface area contributed by atoms with E-state index >= 15 is 0 Å². The van der Waals surface area contributed by atoms with Crippen LogP contribution in [0.5, 0.6) is 0 Å². The van der Waals surface area contributed by atoms with Crippen molar-refractivity contribution in [2.75, 3.05) is 6.54 Å². The molecule has 2 rings (SSSR count). The molecule has 0 radical (unpaired) electrons. The number of rotatable bonds is 6. The average Bonchev–Trinajstić information content (AvgIpc) is 3.01. The lowest BCUT2D eigenvalue weighted by Crippen LogP contribution is -2.38. The molecule has 0 unspecified atom stereocenters. The minimum Gasteiger partial charge on any atom is -0.481 e. The molecule has 0 bridgehead atoms. The topological polar surface area (TPSA) is 88.3 Å². The van der Waals surface area contributed by atoms with Gasteiger partial charge in [-0.3, -0.25) is 14.2 Å². The van der Waals surface area contributed by atoms with E-state index in [2.05, 4.69) is 10.2 Å². The molecule has 7 nitrogen and oxygen atoms in total. The first-order chi connectivity index (χ1) is 10.5.